The minimum atomic E-state index is -0.0797. The van der Waals surface area contributed by atoms with Gasteiger partial charge >= 0.3 is 0 Å². The van der Waals surface area contributed by atoms with Gasteiger partial charge in [-0.25, -0.2) is 4.98 Å². The number of hydrogen-bond acceptors (Lipinski definition) is 5. The maximum atomic E-state index is 13.1. The minimum Gasteiger partial charge on any atom is -0.454 e. The van der Waals surface area contributed by atoms with E-state index in [9.17, 15) is 4.79 Å². The van der Waals surface area contributed by atoms with Crippen molar-refractivity contribution in [1.29, 1.82) is 0 Å². The van der Waals surface area contributed by atoms with Crippen LogP contribution in [-0.2, 0) is 11.3 Å². The van der Waals surface area contributed by atoms with Gasteiger partial charge in [-0.2, -0.15) is 0 Å². The number of hydrogen-bond donors (Lipinski definition) is 0. The van der Waals surface area contributed by atoms with Gasteiger partial charge in [0, 0.05) is 42.8 Å². The molecular formula is C22H21ClN2O4. The third-order valence-corrected chi connectivity index (χ3v) is 5.17. The number of carbonyl (C=O) groups excluding carboxylic acids is 1. The van der Waals surface area contributed by atoms with Crippen LogP contribution in [0.2, 0.25) is 5.15 Å². The second-order valence-corrected chi connectivity index (χ2v) is 7.28. The van der Waals surface area contributed by atoms with Crippen molar-refractivity contribution in [3.63, 3.8) is 0 Å². The zero-order valence-corrected chi connectivity index (χ0v) is 17.0. The van der Waals surface area contributed by atoms with Gasteiger partial charge in [0.1, 0.15) is 5.15 Å². The molecular weight excluding hydrogens is 392 g/mol. The Morgan fingerprint density at radius 2 is 1.90 bits per heavy atom. The summed E-state index contributed by atoms with van der Waals surface area (Å²) in [6.45, 7) is 3.38. The molecule has 2 aromatic carbocycles. The van der Waals surface area contributed by atoms with Crippen LogP contribution in [0.5, 0.6) is 11.5 Å². The van der Waals surface area contributed by atoms with Crippen molar-refractivity contribution in [2.24, 2.45) is 0 Å². The lowest BCUT2D eigenvalue weighted by Crippen LogP contribution is -2.33. The predicted molar refractivity (Wildman–Crippen MR) is 111 cm³/mol. The highest BCUT2D eigenvalue weighted by molar-refractivity contribution is 6.30. The SMILES string of the molecule is COCCN(Cc1cc2cc3c(cc2nc1Cl)OCO3)C(=O)c1ccc(C)cc1. The Morgan fingerprint density at radius 3 is 2.62 bits per heavy atom. The molecule has 150 valence electrons. The van der Waals surface area contributed by atoms with E-state index in [2.05, 4.69) is 4.98 Å². The first-order valence-corrected chi connectivity index (χ1v) is 9.66. The summed E-state index contributed by atoms with van der Waals surface area (Å²) in [5, 5.41) is 1.23. The molecule has 1 aliphatic rings. The number of amides is 1. The smallest absolute Gasteiger partial charge is 0.254 e. The zero-order chi connectivity index (χ0) is 20.4. The molecule has 29 heavy (non-hydrogen) atoms. The van der Waals surface area contributed by atoms with Gasteiger partial charge in [-0.15, -0.1) is 0 Å². The Morgan fingerprint density at radius 1 is 1.17 bits per heavy atom. The van der Waals surface area contributed by atoms with Gasteiger partial charge in [-0.05, 0) is 31.2 Å². The van der Waals surface area contributed by atoms with Crippen molar-refractivity contribution in [3.8, 4) is 11.5 Å². The third-order valence-electron chi connectivity index (χ3n) is 4.85. The summed E-state index contributed by atoms with van der Waals surface area (Å²) in [7, 11) is 1.61. The predicted octanol–water partition coefficient (Wildman–Crippen LogP) is 4.21. The number of rotatable bonds is 6. The first-order valence-electron chi connectivity index (χ1n) is 9.29. The number of aryl methyl sites for hydroxylation is 1. The van der Waals surface area contributed by atoms with E-state index >= 15 is 0 Å². The van der Waals surface area contributed by atoms with E-state index < -0.39 is 0 Å². The van der Waals surface area contributed by atoms with Gasteiger partial charge in [0.2, 0.25) is 6.79 Å². The van der Waals surface area contributed by atoms with Crippen molar-refractivity contribution in [1.82, 2.24) is 9.88 Å². The molecule has 0 atom stereocenters. The van der Waals surface area contributed by atoms with Crippen LogP contribution in [0.1, 0.15) is 21.5 Å². The first kappa shape index (κ1) is 19.5. The molecule has 3 aromatic rings. The Labute approximate surface area is 174 Å². The highest BCUT2D eigenvalue weighted by atomic mass is 35.5. The van der Waals surface area contributed by atoms with Crippen LogP contribution in [0.15, 0.2) is 42.5 Å². The lowest BCUT2D eigenvalue weighted by molar-refractivity contribution is 0.0680. The number of carbonyl (C=O) groups is 1. The molecule has 2 heterocycles. The number of aromatic nitrogens is 1. The number of fused-ring (bicyclic) bond motifs is 2. The third kappa shape index (κ3) is 4.13. The van der Waals surface area contributed by atoms with Crippen LogP contribution in [-0.4, -0.2) is 42.8 Å². The molecule has 0 aliphatic carbocycles. The van der Waals surface area contributed by atoms with Crippen LogP contribution < -0.4 is 9.47 Å². The summed E-state index contributed by atoms with van der Waals surface area (Å²) in [5.74, 6) is 1.26. The van der Waals surface area contributed by atoms with Gasteiger partial charge in [0.25, 0.3) is 5.91 Å². The topological polar surface area (TPSA) is 60.9 Å². The molecule has 0 N–H and O–H groups in total. The number of halogens is 1. The van der Waals surface area contributed by atoms with E-state index in [-0.39, 0.29) is 12.7 Å². The second kappa shape index (κ2) is 8.27. The van der Waals surface area contributed by atoms with E-state index in [0.29, 0.717) is 41.9 Å². The molecule has 0 radical (unpaired) electrons. The first-order chi connectivity index (χ1) is 14.0. The number of ether oxygens (including phenoxy) is 3. The normalized spacial score (nSPS) is 12.4. The van der Waals surface area contributed by atoms with Crippen molar-refractivity contribution in [2.75, 3.05) is 27.1 Å². The highest BCUT2D eigenvalue weighted by Gasteiger charge is 2.20. The summed E-state index contributed by atoms with van der Waals surface area (Å²) < 4.78 is 16.0. The maximum absolute atomic E-state index is 13.1. The van der Waals surface area contributed by atoms with Crippen LogP contribution in [0, 0.1) is 6.92 Å². The lowest BCUT2D eigenvalue weighted by Gasteiger charge is -2.23. The summed E-state index contributed by atoms with van der Waals surface area (Å²) in [5.41, 5.74) is 3.20. The quantitative estimate of drug-likeness (QED) is 0.567. The van der Waals surface area contributed by atoms with Gasteiger partial charge in [-0.3, -0.25) is 4.79 Å². The minimum absolute atomic E-state index is 0.0797. The van der Waals surface area contributed by atoms with E-state index in [4.69, 9.17) is 25.8 Å². The lowest BCUT2D eigenvalue weighted by atomic mass is 10.1. The van der Waals surface area contributed by atoms with Crippen molar-refractivity contribution in [2.45, 2.75) is 13.5 Å². The molecule has 1 aliphatic heterocycles. The van der Waals surface area contributed by atoms with E-state index in [1.165, 1.54) is 0 Å². The van der Waals surface area contributed by atoms with E-state index in [1.54, 1.807) is 12.0 Å². The summed E-state index contributed by atoms with van der Waals surface area (Å²) in [4.78, 5) is 19.3. The fraction of sp³-hybridized carbons (Fsp3) is 0.273. The molecule has 1 amide bonds. The van der Waals surface area contributed by atoms with Crippen molar-refractivity contribution in [3.05, 3.63) is 64.3 Å². The van der Waals surface area contributed by atoms with Gasteiger partial charge in [0.05, 0.1) is 12.1 Å². The molecule has 1 aromatic heterocycles. The number of nitrogens with zero attached hydrogens (tertiary/aromatic N) is 2. The zero-order valence-electron chi connectivity index (χ0n) is 16.3. The van der Waals surface area contributed by atoms with E-state index in [1.807, 2.05) is 49.4 Å². The Kier molecular flexibility index (Phi) is 5.56. The Balaban J connectivity index is 1.65. The molecule has 0 saturated carbocycles. The van der Waals surface area contributed by atoms with Gasteiger partial charge < -0.3 is 19.1 Å². The van der Waals surface area contributed by atoms with Crippen LogP contribution in [0.3, 0.4) is 0 Å². The van der Waals surface area contributed by atoms with Crippen LogP contribution >= 0.6 is 11.6 Å². The average Bonchev–Trinajstić information content (AvgIpc) is 3.17. The average molecular weight is 413 g/mol. The molecule has 7 heteroatoms. The van der Waals surface area contributed by atoms with Crippen LogP contribution in [0.4, 0.5) is 0 Å². The summed E-state index contributed by atoms with van der Waals surface area (Å²) in [6, 6.07) is 13.1. The van der Waals surface area contributed by atoms with Crippen molar-refractivity contribution < 1.29 is 19.0 Å². The molecule has 0 fully saturated rings. The summed E-state index contributed by atoms with van der Waals surface area (Å²) in [6.07, 6.45) is 0. The molecule has 0 saturated heterocycles. The Hall–Kier alpha value is -2.83. The molecule has 0 spiro atoms. The molecule has 6 nitrogen and oxygen atoms in total. The largest absolute Gasteiger partial charge is 0.454 e. The second-order valence-electron chi connectivity index (χ2n) is 6.92. The van der Waals surface area contributed by atoms with Gasteiger partial charge in [0.15, 0.2) is 11.5 Å². The summed E-state index contributed by atoms with van der Waals surface area (Å²) >= 11 is 6.45. The van der Waals surface area contributed by atoms with E-state index in [0.717, 1.165) is 22.0 Å². The fourth-order valence-electron chi connectivity index (χ4n) is 3.23. The standard InChI is InChI=1S/C22H21ClN2O4/c1-14-3-5-15(6-4-14)22(26)25(7-8-27-2)12-17-9-16-10-19-20(29-13-28-19)11-18(16)24-21(17)23/h3-6,9-11H,7-8,12-13H2,1-2H3. The molecule has 4 rings (SSSR count). The van der Waals surface area contributed by atoms with Gasteiger partial charge in [-0.1, -0.05) is 29.3 Å². The Bertz CT molecular complexity index is 1050. The fourth-order valence-corrected chi connectivity index (χ4v) is 3.44. The molecule has 0 bridgehead atoms. The highest BCUT2D eigenvalue weighted by Crippen LogP contribution is 2.36. The monoisotopic (exact) mass is 412 g/mol. The van der Waals surface area contributed by atoms with Crippen molar-refractivity contribution >= 4 is 28.4 Å². The van der Waals surface area contributed by atoms with Crippen LogP contribution in [0.25, 0.3) is 10.9 Å². The number of benzene rings is 2. The number of methoxy groups -OCH3 is 1. The number of pyridine rings is 1. The molecule has 0 unspecified atom stereocenters. The maximum Gasteiger partial charge on any atom is 0.254 e.